The first-order valence-electron chi connectivity index (χ1n) is 9.68. The zero-order chi connectivity index (χ0) is 18.7. The van der Waals surface area contributed by atoms with E-state index in [1.54, 1.807) is 18.2 Å². The molecule has 1 aliphatic rings. The number of aryl methyl sites for hydroxylation is 1. The van der Waals surface area contributed by atoms with Gasteiger partial charge in [0.15, 0.2) is 5.43 Å². The van der Waals surface area contributed by atoms with Crippen LogP contribution in [0.2, 0.25) is 0 Å². The fourth-order valence-corrected chi connectivity index (χ4v) is 3.81. The quantitative estimate of drug-likeness (QED) is 0.808. The van der Waals surface area contributed by atoms with Crippen LogP contribution in [0.25, 0.3) is 10.9 Å². The van der Waals surface area contributed by atoms with Crippen molar-refractivity contribution in [3.63, 3.8) is 0 Å². The summed E-state index contributed by atoms with van der Waals surface area (Å²) in [7, 11) is 0. The number of carbonyl (C=O) groups excluding carboxylic acids is 1. The third kappa shape index (κ3) is 3.83. The molecule has 1 aromatic carbocycles. The molecule has 5 nitrogen and oxygen atoms in total. The van der Waals surface area contributed by atoms with E-state index >= 15 is 0 Å². The van der Waals surface area contributed by atoms with Crippen molar-refractivity contribution >= 4 is 16.9 Å². The van der Waals surface area contributed by atoms with Crippen molar-refractivity contribution in [2.45, 2.75) is 59.0 Å². The number of carbonyl (C=O) groups is 1. The van der Waals surface area contributed by atoms with Crippen molar-refractivity contribution in [1.82, 2.24) is 4.98 Å². The lowest BCUT2D eigenvalue weighted by molar-refractivity contribution is -0.942. The number of quaternary nitrogens is 1. The Labute approximate surface area is 154 Å². The van der Waals surface area contributed by atoms with Crippen molar-refractivity contribution in [2.75, 3.05) is 13.2 Å². The standard InChI is InChI=1S/C21H28N2O3/c1-4-11-26-21(25)16-8-9-19-17(12-16)20(24)18(15(3)22-19)13-23-10-6-5-7-14(23)2/h8-9,12,14H,4-7,10-11,13H2,1-3H3,(H,22,24)/p+1. The molecule has 0 radical (unpaired) electrons. The molecule has 26 heavy (non-hydrogen) atoms. The molecule has 0 bridgehead atoms. The van der Waals surface area contributed by atoms with Crippen LogP contribution in [0.15, 0.2) is 23.0 Å². The van der Waals surface area contributed by atoms with Crippen LogP contribution in [0.4, 0.5) is 0 Å². The van der Waals surface area contributed by atoms with Gasteiger partial charge in [-0.1, -0.05) is 6.92 Å². The predicted molar refractivity (Wildman–Crippen MR) is 103 cm³/mol. The average molecular weight is 357 g/mol. The molecular weight excluding hydrogens is 328 g/mol. The van der Waals surface area contributed by atoms with E-state index in [0.717, 1.165) is 36.3 Å². The molecule has 2 heterocycles. The first-order chi connectivity index (χ1) is 12.5. The monoisotopic (exact) mass is 357 g/mol. The summed E-state index contributed by atoms with van der Waals surface area (Å²) in [5.41, 5.74) is 3.00. The van der Waals surface area contributed by atoms with E-state index < -0.39 is 0 Å². The van der Waals surface area contributed by atoms with Gasteiger partial charge >= 0.3 is 5.97 Å². The van der Waals surface area contributed by atoms with E-state index in [0.29, 0.717) is 23.6 Å². The molecule has 3 rings (SSSR count). The van der Waals surface area contributed by atoms with E-state index in [-0.39, 0.29) is 11.4 Å². The number of rotatable bonds is 5. The van der Waals surface area contributed by atoms with Crippen molar-refractivity contribution in [1.29, 1.82) is 0 Å². The summed E-state index contributed by atoms with van der Waals surface area (Å²) >= 11 is 0. The highest BCUT2D eigenvalue weighted by Gasteiger charge is 2.24. The molecule has 2 atom stereocenters. The Hall–Kier alpha value is -2.14. The first-order valence-corrected chi connectivity index (χ1v) is 9.68. The van der Waals surface area contributed by atoms with Gasteiger partial charge in [0.25, 0.3) is 0 Å². The van der Waals surface area contributed by atoms with Crippen LogP contribution in [0.5, 0.6) is 0 Å². The van der Waals surface area contributed by atoms with E-state index in [4.69, 9.17) is 4.74 Å². The fraction of sp³-hybridized carbons (Fsp3) is 0.524. The number of H-pyrrole nitrogens is 1. The van der Waals surface area contributed by atoms with Crippen LogP contribution in [0.1, 0.15) is 61.1 Å². The maximum Gasteiger partial charge on any atom is 0.338 e. The summed E-state index contributed by atoms with van der Waals surface area (Å²) in [5.74, 6) is -0.370. The average Bonchev–Trinajstić information content (AvgIpc) is 2.64. The van der Waals surface area contributed by atoms with Crippen molar-refractivity contribution in [3.8, 4) is 0 Å². The Morgan fingerprint density at radius 1 is 1.35 bits per heavy atom. The molecule has 1 saturated heterocycles. The van der Waals surface area contributed by atoms with Crippen molar-refractivity contribution in [2.24, 2.45) is 0 Å². The van der Waals surface area contributed by atoms with E-state index in [2.05, 4.69) is 11.9 Å². The minimum Gasteiger partial charge on any atom is -0.462 e. The van der Waals surface area contributed by atoms with Crippen LogP contribution < -0.4 is 10.3 Å². The molecule has 0 amide bonds. The van der Waals surface area contributed by atoms with E-state index in [1.807, 2.05) is 13.8 Å². The first kappa shape index (κ1) is 18.6. The van der Waals surface area contributed by atoms with Crippen LogP contribution >= 0.6 is 0 Å². The lowest BCUT2D eigenvalue weighted by Gasteiger charge is -2.30. The molecule has 1 fully saturated rings. The van der Waals surface area contributed by atoms with Gasteiger partial charge in [-0.3, -0.25) is 4.79 Å². The minimum absolute atomic E-state index is 0.0339. The smallest absolute Gasteiger partial charge is 0.338 e. The molecule has 0 spiro atoms. The summed E-state index contributed by atoms with van der Waals surface area (Å²) < 4.78 is 5.20. The summed E-state index contributed by atoms with van der Waals surface area (Å²) in [5, 5.41) is 0.570. The molecule has 5 heteroatoms. The molecule has 2 unspecified atom stereocenters. The largest absolute Gasteiger partial charge is 0.462 e. The number of likely N-dealkylation sites (tertiary alicyclic amines) is 1. The SMILES string of the molecule is CCCOC(=O)c1ccc2[nH]c(C)c(C[NH+]3CCCCC3C)c(=O)c2c1. The Kier molecular flexibility index (Phi) is 5.77. The van der Waals surface area contributed by atoms with Crippen LogP contribution in [0.3, 0.4) is 0 Å². The van der Waals surface area contributed by atoms with Crippen LogP contribution in [-0.4, -0.2) is 30.1 Å². The van der Waals surface area contributed by atoms with Gasteiger partial charge < -0.3 is 14.6 Å². The molecule has 2 aromatic rings. The van der Waals surface area contributed by atoms with Crippen molar-refractivity contribution < 1.29 is 14.4 Å². The van der Waals surface area contributed by atoms with Gasteiger partial charge in [-0.15, -0.1) is 0 Å². The third-order valence-electron chi connectivity index (χ3n) is 5.47. The second kappa shape index (κ2) is 8.04. The second-order valence-electron chi connectivity index (χ2n) is 7.44. The second-order valence-corrected chi connectivity index (χ2v) is 7.44. The molecule has 1 aliphatic heterocycles. The molecule has 140 valence electrons. The lowest BCUT2D eigenvalue weighted by Crippen LogP contribution is -3.15. The molecular formula is C21H29N2O3+. The third-order valence-corrected chi connectivity index (χ3v) is 5.47. The minimum atomic E-state index is -0.370. The predicted octanol–water partition coefficient (Wildman–Crippen LogP) is 2.36. The number of pyridine rings is 1. The highest BCUT2D eigenvalue weighted by molar-refractivity contribution is 5.94. The van der Waals surface area contributed by atoms with Gasteiger partial charge in [-0.05, 0) is 57.7 Å². The number of piperidine rings is 1. The number of aromatic amines is 1. The number of fused-ring (bicyclic) bond motifs is 1. The molecule has 0 aliphatic carbocycles. The molecule has 0 saturated carbocycles. The molecule has 1 aromatic heterocycles. The van der Waals surface area contributed by atoms with Gasteiger partial charge in [0.1, 0.15) is 6.54 Å². The van der Waals surface area contributed by atoms with Gasteiger partial charge in [-0.2, -0.15) is 0 Å². The molecule has 2 N–H and O–H groups in total. The normalized spacial score (nSPS) is 20.3. The van der Waals surface area contributed by atoms with Crippen molar-refractivity contribution in [3.05, 3.63) is 45.2 Å². The maximum atomic E-state index is 13.1. The zero-order valence-corrected chi connectivity index (χ0v) is 16.0. The summed E-state index contributed by atoms with van der Waals surface area (Å²) in [6.07, 6.45) is 4.49. The summed E-state index contributed by atoms with van der Waals surface area (Å²) in [6, 6.07) is 5.76. The Morgan fingerprint density at radius 3 is 2.88 bits per heavy atom. The lowest BCUT2D eigenvalue weighted by atomic mass is 10.0. The highest BCUT2D eigenvalue weighted by Crippen LogP contribution is 2.15. The van der Waals surface area contributed by atoms with Crippen LogP contribution in [0, 0.1) is 6.92 Å². The van der Waals surface area contributed by atoms with Gasteiger partial charge in [0.05, 0.1) is 30.3 Å². The fourth-order valence-electron chi connectivity index (χ4n) is 3.81. The van der Waals surface area contributed by atoms with E-state index in [1.165, 1.54) is 24.2 Å². The number of nitrogens with one attached hydrogen (secondary N) is 2. The van der Waals surface area contributed by atoms with Gasteiger partial charge in [0, 0.05) is 16.6 Å². The summed E-state index contributed by atoms with van der Waals surface area (Å²) in [4.78, 5) is 30.1. The van der Waals surface area contributed by atoms with Gasteiger partial charge in [-0.25, -0.2) is 4.79 Å². The Bertz CT molecular complexity index is 856. The van der Waals surface area contributed by atoms with Gasteiger partial charge in [0.2, 0.25) is 0 Å². The number of hydrogen-bond acceptors (Lipinski definition) is 3. The number of esters is 1. The highest BCUT2D eigenvalue weighted by atomic mass is 16.5. The summed E-state index contributed by atoms with van der Waals surface area (Å²) in [6.45, 7) is 8.43. The Balaban J connectivity index is 1.96. The number of aromatic nitrogens is 1. The number of ether oxygens (including phenoxy) is 1. The van der Waals surface area contributed by atoms with Crippen LogP contribution in [-0.2, 0) is 11.3 Å². The van der Waals surface area contributed by atoms with E-state index in [9.17, 15) is 9.59 Å². The maximum absolute atomic E-state index is 13.1. The number of benzene rings is 1. The zero-order valence-electron chi connectivity index (χ0n) is 16.0. The number of hydrogen-bond donors (Lipinski definition) is 2. The Morgan fingerprint density at radius 2 is 2.15 bits per heavy atom. The topological polar surface area (TPSA) is 63.6 Å².